The van der Waals surface area contributed by atoms with Crippen LogP contribution in [0.25, 0.3) is 0 Å². The molecule has 1 aliphatic rings. The molecule has 0 atom stereocenters. The van der Waals surface area contributed by atoms with Gasteiger partial charge in [-0.2, -0.15) is 0 Å². The molecule has 2 rings (SSSR count). The summed E-state index contributed by atoms with van der Waals surface area (Å²) in [5, 5.41) is 0. The molecule has 19 heavy (non-hydrogen) atoms. The molecule has 1 aromatic rings. The lowest BCUT2D eigenvalue weighted by atomic mass is 9.87. The first-order valence-electron chi connectivity index (χ1n) is 7.49. The maximum absolute atomic E-state index is 5.91. The summed E-state index contributed by atoms with van der Waals surface area (Å²) in [6.07, 6.45) is 4.49. The molecule has 1 fully saturated rings. The molecule has 2 heteroatoms. The minimum absolute atomic E-state index is 0.180. The monoisotopic (exact) mass is 262 g/mol. The fourth-order valence-electron chi connectivity index (χ4n) is 2.71. The lowest BCUT2D eigenvalue weighted by molar-refractivity contribution is -0.231. The van der Waals surface area contributed by atoms with Gasteiger partial charge in [0.15, 0.2) is 6.29 Å². The summed E-state index contributed by atoms with van der Waals surface area (Å²) in [5.74, 6) is 0. The summed E-state index contributed by atoms with van der Waals surface area (Å²) < 4.78 is 11.8. The van der Waals surface area contributed by atoms with Crippen LogP contribution in [0.15, 0.2) is 24.3 Å². The Labute approximate surface area is 117 Å². The average Bonchev–Trinajstić information content (AvgIpc) is 2.41. The van der Waals surface area contributed by atoms with Crippen molar-refractivity contribution in [1.29, 1.82) is 0 Å². The van der Waals surface area contributed by atoms with E-state index in [2.05, 4.69) is 45.0 Å². The fraction of sp³-hybridized carbons (Fsp3) is 0.647. The molecule has 0 aliphatic carbocycles. The number of hydrogen-bond donors (Lipinski definition) is 0. The highest BCUT2D eigenvalue weighted by atomic mass is 16.7. The van der Waals surface area contributed by atoms with Crippen LogP contribution in [-0.4, -0.2) is 13.2 Å². The Morgan fingerprint density at radius 1 is 1.05 bits per heavy atom. The van der Waals surface area contributed by atoms with E-state index >= 15 is 0 Å². The Kier molecular flexibility index (Phi) is 5.00. The van der Waals surface area contributed by atoms with Gasteiger partial charge in [-0.25, -0.2) is 0 Å². The summed E-state index contributed by atoms with van der Waals surface area (Å²) in [6.45, 7) is 8.25. The van der Waals surface area contributed by atoms with Crippen molar-refractivity contribution in [3.05, 3.63) is 35.4 Å². The van der Waals surface area contributed by atoms with Gasteiger partial charge in [-0.1, -0.05) is 57.9 Å². The summed E-state index contributed by atoms with van der Waals surface area (Å²) in [5.41, 5.74) is 2.71. The van der Waals surface area contributed by atoms with E-state index in [1.54, 1.807) is 0 Å². The van der Waals surface area contributed by atoms with E-state index < -0.39 is 0 Å². The number of hydrogen-bond acceptors (Lipinski definition) is 2. The quantitative estimate of drug-likeness (QED) is 0.778. The van der Waals surface area contributed by atoms with E-state index in [0.29, 0.717) is 0 Å². The first-order chi connectivity index (χ1) is 9.17. The van der Waals surface area contributed by atoms with Crippen molar-refractivity contribution in [1.82, 2.24) is 0 Å². The van der Waals surface area contributed by atoms with Crippen molar-refractivity contribution in [2.45, 2.75) is 52.7 Å². The van der Waals surface area contributed by atoms with Crippen LogP contribution in [0.3, 0.4) is 0 Å². The largest absolute Gasteiger partial charge is 0.348 e. The molecule has 1 aromatic carbocycles. The highest BCUT2D eigenvalue weighted by Crippen LogP contribution is 2.34. The second-order valence-corrected chi connectivity index (χ2v) is 6.01. The van der Waals surface area contributed by atoms with Gasteiger partial charge in [0.25, 0.3) is 0 Å². The Hall–Kier alpha value is -0.860. The van der Waals surface area contributed by atoms with Gasteiger partial charge >= 0.3 is 0 Å². The number of ether oxygens (including phenoxy) is 2. The minimum atomic E-state index is -0.180. The van der Waals surface area contributed by atoms with Crippen LogP contribution in [0.2, 0.25) is 0 Å². The Morgan fingerprint density at radius 3 is 2.21 bits per heavy atom. The maximum Gasteiger partial charge on any atom is 0.183 e. The zero-order valence-corrected chi connectivity index (χ0v) is 12.4. The number of benzene rings is 1. The van der Waals surface area contributed by atoms with E-state index in [-0.39, 0.29) is 11.7 Å². The standard InChI is InChI=1S/C17H26O2/c1-4-6-14-7-9-15(10-8-14)16-18-12-17(3,11-5-2)13-19-16/h7-10,16H,4-6,11-13H2,1-3H3/t16-,17-. The third kappa shape index (κ3) is 3.80. The Bertz CT molecular complexity index is 375. The molecule has 106 valence electrons. The van der Waals surface area contributed by atoms with E-state index in [0.717, 1.165) is 31.6 Å². The van der Waals surface area contributed by atoms with Gasteiger partial charge < -0.3 is 9.47 Å². The molecule has 0 radical (unpaired) electrons. The number of aryl methyl sites for hydroxylation is 1. The van der Waals surface area contributed by atoms with Crippen LogP contribution in [0.1, 0.15) is 57.5 Å². The SMILES string of the molecule is CCCc1ccc([C@H]2OC[C@](C)(CCC)CO2)cc1. The fourth-order valence-corrected chi connectivity index (χ4v) is 2.71. The van der Waals surface area contributed by atoms with E-state index in [9.17, 15) is 0 Å². The Balaban J connectivity index is 1.93. The van der Waals surface area contributed by atoms with Crippen molar-refractivity contribution in [2.75, 3.05) is 13.2 Å². The van der Waals surface area contributed by atoms with Gasteiger partial charge in [0, 0.05) is 11.0 Å². The molecular weight excluding hydrogens is 236 g/mol. The zero-order valence-electron chi connectivity index (χ0n) is 12.4. The summed E-state index contributed by atoms with van der Waals surface area (Å²) in [6, 6.07) is 8.65. The highest BCUT2D eigenvalue weighted by molar-refractivity contribution is 5.23. The lowest BCUT2D eigenvalue weighted by Gasteiger charge is -2.37. The van der Waals surface area contributed by atoms with Crippen LogP contribution >= 0.6 is 0 Å². The molecule has 1 saturated heterocycles. The second-order valence-electron chi connectivity index (χ2n) is 6.01. The topological polar surface area (TPSA) is 18.5 Å². The van der Waals surface area contributed by atoms with Crippen molar-refractivity contribution in [3.63, 3.8) is 0 Å². The molecule has 0 aromatic heterocycles. The molecule has 0 N–H and O–H groups in total. The van der Waals surface area contributed by atoms with Gasteiger partial charge in [-0.15, -0.1) is 0 Å². The molecule has 0 saturated carbocycles. The third-order valence-corrected chi connectivity index (χ3v) is 3.81. The predicted molar refractivity (Wildman–Crippen MR) is 78.1 cm³/mol. The van der Waals surface area contributed by atoms with Gasteiger partial charge in [0.2, 0.25) is 0 Å². The average molecular weight is 262 g/mol. The number of rotatable bonds is 5. The Morgan fingerprint density at radius 2 is 1.68 bits per heavy atom. The van der Waals surface area contributed by atoms with Crippen molar-refractivity contribution < 1.29 is 9.47 Å². The normalized spacial score (nSPS) is 27.4. The molecule has 0 unspecified atom stereocenters. The molecular formula is C17H26O2. The van der Waals surface area contributed by atoms with Gasteiger partial charge in [0.1, 0.15) is 0 Å². The smallest absolute Gasteiger partial charge is 0.183 e. The van der Waals surface area contributed by atoms with E-state index in [1.165, 1.54) is 18.4 Å². The third-order valence-electron chi connectivity index (χ3n) is 3.81. The first-order valence-corrected chi connectivity index (χ1v) is 7.49. The lowest BCUT2D eigenvalue weighted by Crippen LogP contribution is -2.36. The van der Waals surface area contributed by atoms with Gasteiger partial charge in [0.05, 0.1) is 13.2 Å². The second kappa shape index (κ2) is 6.53. The summed E-state index contributed by atoms with van der Waals surface area (Å²) >= 11 is 0. The maximum atomic E-state index is 5.91. The minimum Gasteiger partial charge on any atom is -0.348 e. The van der Waals surface area contributed by atoms with Gasteiger partial charge in [-0.05, 0) is 18.4 Å². The first kappa shape index (κ1) is 14.5. The zero-order chi connectivity index (χ0) is 13.7. The van der Waals surface area contributed by atoms with Crippen molar-refractivity contribution >= 4 is 0 Å². The van der Waals surface area contributed by atoms with Gasteiger partial charge in [-0.3, -0.25) is 0 Å². The molecule has 0 bridgehead atoms. The van der Waals surface area contributed by atoms with Crippen LogP contribution in [0, 0.1) is 5.41 Å². The molecule has 0 spiro atoms. The summed E-state index contributed by atoms with van der Waals surface area (Å²) in [7, 11) is 0. The van der Waals surface area contributed by atoms with Crippen LogP contribution < -0.4 is 0 Å². The van der Waals surface area contributed by atoms with E-state index in [4.69, 9.17) is 9.47 Å². The van der Waals surface area contributed by atoms with Crippen molar-refractivity contribution in [3.8, 4) is 0 Å². The summed E-state index contributed by atoms with van der Waals surface area (Å²) in [4.78, 5) is 0. The van der Waals surface area contributed by atoms with Crippen LogP contribution in [-0.2, 0) is 15.9 Å². The highest BCUT2D eigenvalue weighted by Gasteiger charge is 2.32. The van der Waals surface area contributed by atoms with Crippen LogP contribution in [0.4, 0.5) is 0 Å². The molecule has 0 amide bonds. The molecule has 1 aliphatic heterocycles. The van der Waals surface area contributed by atoms with Crippen LogP contribution in [0.5, 0.6) is 0 Å². The van der Waals surface area contributed by atoms with E-state index in [1.807, 2.05) is 0 Å². The molecule has 2 nitrogen and oxygen atoms in total. The predicted octanol–water partition coefficient (Wildman–Crippen LogP) is 4.49. The van der Waals surface area contributed by atoms with Crippen molar-refractivity contribution in [2.24, 2.45) is 5.41 Å². The molecule has 1 heterocycles.